The van der Waals surface area contributed by atoms with Gasteiger partial charge in [-0.05, 0) is 45.3 Å². The number of rotatable bonds is 4. The van der Waals surface area contributed by atoms with Crippen LogP contribution in [0.15, 0.2) is 29.6 Å². The summed E-state index contributed by atoms with van der Waals surface area (Å²) >= 11 is 1.41. The second kappa shape index (κ2) is 7.58. The molecule has 0 atom stereocenters. The zero-order chi connectivity index (χ0) is 18.8. The fourth-order valence-corrected chi connectivity index (χ4v) is 4.13. The van der Waals surface area contributed by atoms with E-state index in [-0.39, 0.29) is 5.91 Å². The van der Waals surface area contributed by atoms with Gasteiger partial charge in [-0.3, -0.25) is 10.1 Å². The van der Waals surface area contributed by atoms with E-state index in [0.29, 0.717) is 16.9 Å². The quantitative estimate of drug-likeness (QED) is 0.724. The molecule has 140 valence electrons. The summed E-state index contributed by atoms with van der Waals surface area (Å²) in [6.07, 6.45) is 2.00. The Morgan fingerprint density at radius 2 is 2.04 bits per heavy atom. The minimum atomic E-state index is -0.265. The van der Waals surface area contributed by atoms with Crippen molar-refractivity contribution in [3.05, 3.63) is 46.6 Å². The molecule has 7 nitrogen and oxygen atoms in total. The third-order valence-corrected chi connectivity index (χ3v) is 5.70. The Kier molecular flexibility index (Phi) is 5.00. The molecule has 3 aromatic rings. The minimum absolute atomic E-state index is 0.265. The Bertz CT molecular complexity index is 957. The first-order valence-electron chi connectivity index (χ1n) is 9.09. The minimum Gasteiger partial charge on any atom is -0.317 e. The first kappa shape index (κ1) is 17.8. The van der Waals surface area contributed by atoms with Gasteiger partial charge < -0.3 is 5.32 Å². The van der Waals surface area contributed by atoms with Crippen molar-refractivity contribution in [3.8, 4) is 11.3 Å². The molecule has 1 saturated heterocycles. The predicted octanol–water partition coefficient (Wildman–Crippen LogP) is 3.20. The zero-order valence-electron chi connectivity index (χ0n) is 15.4. The lowest BCUT2D eigenvalue weighted by atomic mass is 10.1. The molecule has 0 saturated carbocycles. The molecule has 0 bridgehead atoms. The van der Waals surface area contributed by atoms with Gasteiger partial charge in [0.25, 0.3) is 5.91 Å². The van der Waals surface area contributed by atoms with E-state index >= 15 is 0 Å². The Labute approximate surface area is 161 Å². The molecule has 2 aromatic heterocycles. The molecule has 1 aromatic carbocycles. The van der Waals surface area contributed by atoms with Gasteiger partial charge in [0.1, 0.15) is 0 Å². The number of nitrogens with one attached hydrogen (secondary N) is 2. The fourth-order valence-electron chi connectivity index (χ4n) is 3.42. The molecule has 0 unspecified atom stereocenters. The standard InChI is InChI=1S/C19H22N6OS/c1-12-5-3-4-6-15(12)16-11-27-19(21-16)22-18(26)17-13(2)25(24-23-17)14-7-9-20-10-8-14/h3-6,11,14,20H,7-10H2,1-2H3,(H,21,22,26). The Hall–Kier alpha value is -2.58. The number of aromatic nitrogens is 4. The monoisotopic (exact) mass is 382 g/mol. The van der Waals surface area contributed by atoms with E-state index in [1.807, 2.05) is 35.2 Å². The summed E-state index contributed by atoms with van der Waals surface area (Å²) in [5, 5.41) is 17.1. The third kappa shape index (κ3) is 3.63. The van der Waals surface area contributed by atoms with Gasteiger partial charge in [-0.25, -0.2) is 9.67 Å². The van der Waals surface area contributed by atoms with Crippen LogP contribution in [0.3, 0.4) is 0 Å². The highest BCUT2D eigenvalue weighted by Crippen LogP contribution is 2.27. The Morgan fingerprint density at radius 3 is 2.81 bits per heavy atom. The van der Waals surface area contributed by atoms with Crippen LogP contribution in [0.25, 0.3) is 11.3 Å². The van der Waals surface area contributed by atoms with Crippen molar-refractivity contribution >= 4 is 22.4 Å². The van der Waals surface area contributed by atoms with E-state index < -0.39 is 0 Å². The predicted molar refractivity (Wildman–Crippen MR) is 106 cm³/mol. The van der Waals surface area contributed by atoms with Crippen molar-refractivity contribution in [3.63, 3.8) is 0 Å². The van der Waals surface area contributed by atoms with Crippen LogP contribution in [0.4, 0.5) is 5.13 Å². The molecule has 8 heteroatoms. The molecule has 1 amide bonds. The summed E-state index contributed by atoms with van der Waals surface area (Å²) in [6.45, 7) is 5.88. The molecule has 1 fully saturated rings. The number of carbonyl (C=O) groups is 1. The molecule has 1 aliphatic rings. The topological polar surface area (TPSA) is 84.7 Å². The Balaban J connectivity index is 1.50. The van der Waals surface area contributed by atoms with Crippen molar-refractivity contribution in [2.24, 2.45) is 0 Å². The van der Waals surface area contributed by atoms with Gasteiger partial charge in [-0.1, -0.05) is 29.5 Å². The number of benzene rings is 1. The number of amides is 1. The lowest BCUT2D eigenvalue weighted by molar-refractivity contribution is 0.102. The highest BCUT2D eigenvalue weighted by Gasteiger charge is 2.23. The summed E-state index contributed by atoms with van der Waals surface area (Å²) in [6, 6.07) is 8.37. The van der Waals surface area contributed by atoms with E-state index in [1.165, 1.54) is 11.3 Å². The number of aryl methyl sites for hydroxylation is 1. The van der Waals surface area contributed by atoms with Crippen LogP contribution < -0.4 is 10.6 Å². The molecule has 0 radical (unpaired) electrons. The summed E-state index contributed by atoms with van der Waals surface area (Å²) in [5.74, 6) is -0.265. The summed E-state index contributed by atoms with van der Waals surface area (Å²) < 4.78 is 1.89. The van der Waals surface area contributed by atoms with Crippen LogP contribution >= 0.6 is 11.3 Å². The van der Waals surface area contributed by atoms with E-state index in [0.717, 1.165) is 48.4 Å². The van der Waals surface area contributed by atoms with E-state index in [9.17, 15) is 4.79 Å². The molecule has 27 heavy (non-hydrogen) atoms. The second-order valence-corrected chi connectivity index (χ2v) is 7.61. The number of piperidine rings is 1. The van der Waals surface area contributed by atoms with E-state index in [1.54, 1.807) is 0 Å². The van der Waals surface area contributed by atoms with Gasteiger partial charge in [0.2, 0.25) is 0 Å². The van der Waals surface area contributed by atoms with Crippen molar-refractivity contribution in [1.82, 2.24) is 25.3 Å². The largest absolute Gasteiger partial charge is 0.317 e. The average Bonchev–Trinajstić information content (AvgIpc) is 3.29. The van der Waals surface area contributed by atoms with Crippen molar-refractivity contribution in [2.45, 2.75) is 32.7 Å². The lowest BCUT2D eigenvalue weighted by Gasteiger charge is -2.23. The maximum absolute atomic E-state index is 12.7. The second-order valence-electron chi connectivity index (χ2n) is 6.76. The molecule has 0 aliphatic carbocycles. The first-order chi connectivity index (χ1) is 13.1. The number of thiazole rings is 1. The third-order valence-electron chi connectivity index (χ3n) is 4.94. The number of hydrogen-bond acceptors (Lipinski definition) is 6. The van der Waals surface area contributed by atoms with Gasteiger partial charge in [0, 0.05) is 10.9 Å². The zero-order valence-corrected chi connectivity index (χ0v) is 16.2. The first-order valence-corrected chi connectivity index (χ1v) is 9.97. The van der Waals surface area contributed by atoms with Gasteiger partial charge in [-0.2, -0.15) is 0 Å². The number of carbonyl (C=O) groups excluding carboxylic acids is 1. The van der Waals surface area contributed by atoms with Crippen LogP contribution in [-0.4, -0.2) is 39.0 Å². The SMILES string of the molecule is Cc1ccccc1-c1csc(NC(=O)c2nnn(C3CCNCC3)c2C)n1. The van der Waals surface area contributed by atoms with Gasteiger partial charge in [0.05, 0.1) is 17.4 Å². The lowest BCUT2D eigenvalue weighted by Crippen LogP contribution is -2.30. The molecule has 2 N–H and O–H groups in total. The molecule has 4 rings (SSSR count). The van der Waals surface area contributed by atoms with Crippen molar-refractivity contribution in [1.29, 1.82) is 0 Å². The number of hydrogen-bond donors (Lipinski definition) is 2. The highest BCUT2D eigenvalue weighted by molar-refractivity contribution is 7.14. The molecule has 3 heterocycles. The van der Waals surface area contributed by atoms with Gasteiger partial charge >= 0.3 is 0 Å². The van der Waals surface area contributed by atoms with Crippen LogP contribution in [0.2, 0.25) is 0 Å². The maximum Gasteiger partial charge on any atom is 0.279 e. The Morgan fingerprint density at radius 1 is 1.26 bits per heavy atom. The molecule has 0 spiro atoms. The van der Waals surface area contributed by atoms with Crippen molar-refractivity contribution < 1.29 is 4.79 Å². The van der Waals surface area contributed by atoms with Crippen molar-refractivity contribution in [2.75, 3.05) is 18.4 Å². The average molecular weight is 382 g/mol. The molecular weight excluding hydrogens is 360 g/mol. The fraction of sp³-hybridized carbons (Fsp3) is 0.368. The van der Waals surface area contributed by atoms with Crippen LogP contribution in [0.1, 0.15) is 40.6 Å². The van der Waals surface area contributed by atoms with Crippen LogP contribution in [-0.2, 0) is 0 Å². The summed E-state index contributed by atoms with van der Waals surface area (Å²) in [5.41, 5.74) is 4.25. The van der Waals surface area contributed by atoms with E-state index in [4.69, 9.17) is 0 Å². The number of nitrogens with zero attached hydrogens (tertiary/aromatic N) is 4. The number of anilines is 1. The maximum atomic E-state index is 12.7. The summed E-state index contributed by atoms with van der Waals surface area (Å²) in [4.78, 5) is 17.2. The summed E-state index contributed by atoms with van der Waals surface area (Å²) in [7, 11) is 0. The van der Waals surface area contributed by atoms with Crippen LogP contribution in [0.5, 0.6) is 0 Å². The smallest absolute Gasteiger partial charge is 0.279 e. The molecular formula is C19H22N6OS. The normalized spacial score (nSPS) is 15.0. The van der Waals surface area contributed by atoms with Crippen LogP contribution in [0, 0.1) is 13.8 Å². The highest BCUT2D eigenvalue weighted by atomic mass is 32.1. The van der Waals surface area contributed by atoms with Gasteiger partial charge in [-0.15, -0.1) is 16.4 Å². The van der Waals surface area contributed by atoms with E-state index in [2.05, 4.69) is 38.9 Å². The van der Waals surface area contributed by atoms with Gasteiger partial charge in [0.15, 0.2) is 10.8 Å². The molecule has 1 aliphatic heterocycles.